The van der Waals surface area contributed by atoms with Gasteiger partial charge in [0.2, 0.25) is 0 Å². The normalized spacial score (nSPS) is 14.8. The molecule has 3 rings (SSSR count). The van der Waals surface area contributed by atoms with Crippen LogP contribution in [0.2, 0.25) is 0 Å². The van der Waals surface area contributed by atoms with Gasteiger partial charge in [-0.2, -0.15) is 0 Å². The van der Waals surface area contributed by atoms with Crippen LogP contribution < -0.4 is 5.32 Å². The van der Waals surface area contributed by atoms with Crippen molar-refractivity contribution < 1.29 is 0 Å². The van der Waals surface area contributed by atoms with Gasteiger partial charge in [0.15, 0.2) is 0 Å². The van der Waals surface area contributed by atoms with Crippen molar-refractivity contribution in [2.75, 3.05) is 0 Å². The quantitative estimate of drug-likeness (QED) is 0.836. The van der Waals surface area contributed by atoms with E-state index < -0.39 is 0 Å². The van der Waals surface area contributed by atoms with E-state index in [1.54, 1.807) is 0 Å². The molecule has 1 N–H and O–H groups in total. The third-order valence-corrected chi connectivity index (χ3v) is 3.15. The van der Waals surface area contributed by atoms with Gasteiger partial charge in [-0.15, -0.1) is 0 Å². The van der Waals surface area contributed by atoms with Crippen molar-refractivity contribution in [3.63, 3.8) is 0 Å². The molecule has 0 bridgehead atoms. The van der Waals surface area contributed by atoms with Crippen LogP contribution in [0.3, 0.4) is 0 Å². The number of rotatable bonds is 4. The molecule has 0 aromatic heterocycles. The standard InChI is InChI=1S/C16H16N/c1-2-6-14(7-3-1)15-8-4-5-13(11-15)12-17-16-9-10-16/h2-8,11,16-17H,9-10,12H2. The predicted octanol–water partition coefficient (Wildman–Crippen LogP) is 3.41. The van der Waals surface area contributed by atoms with Gasteiger partial charge in [-0.05, 0) is 41.7 Å². The average molecular weight is 222 g/mol. The Balaban J connectivity index is 1.78. The van der Waals surface area contributed by atoms with E-state index in [0.717, 1.165) is 12.6 Å². The Kier molecular flexibility index (Phi) is 2.93. The van der Waals surface area contributed by atoms with E-state index in [1.807, 2.05) is 12.1 Å². The Hall–Kier alpha value is -1.60. The minimum Gasteiger partial charge on any atom is -0.310 e. The minimum absolute atomic E-state index is 0.769. The Morgan fingerprint density at radius 1 is 1.06 bits per heavy atom. The molecule has 1 saturated carbocycles. The van der Waals surface area contributed by atoms with Gasteiger partial charge in [0.1, 0.15) is 0 Å². The van der Waals surface area contributed by atoms with E-state index in [4.69, 9.17) is 0 Å². The first-order valence-electron chi connectivity index (χ1n) is 6.21. The smallest absolute Gasteiger partial charge is 0.0208 e. The van der Waals surface area contributed by atoms with Crippen molar-refractivity contribution in [2.24, 2.45) is 0 Å². The zero-order chi connectivity index (χ0) is 11.5. The van der Waals surface area contributed by atoms with Crippen LogP contribution in [-0.2, 0) is 6.54 Å². The summed E-state index contributed by atoms with van der Waals surface area (Å²) in [7, 11) is 0. The molecular formula is C16H16N. The monoisotopic (exact) mass is 222 g/mol. The predicted molar refractivity (Wildman–Crippen MR) is 70.6 cm³/mol. The van der Waals surface area contributed by atoms with Gasteiger partial charge in [-0.1, -0.05) is 42.5 Å². The Labute approximate surface area is 102 Å². The van der Waals surface area contributed by atoms with Crippen LogP contribution in [-0.4, -0.2) is 6.04 Å². The summed E-state index contributed by atoms with van der Waals surface area (Å²) in [6, 6.07) is 20.7. The Morgan fingerprint density at radius 2 is 1.88 bits per heavy atom. The van der Waals surface area contributed by atoms with E-state index in [1.165, 1.54) is 29.5 Å². The third kappa shape index (κ3) is 2.75. The molecule has 1 radical (unpaired) electrons. The first-order chi connectivity index (χ1) is 8.42. The fraction of sp³-hybridized carbons (Fsp3) is 0.250. The molecule has 1 fully saturated rings. The summed E-state index contributed by atoms with van der Waals surface area (Å²) in [5, 5.41) is 3.55. The number of benzene rings is 2. The summed E-state index contributed by atoms with van der Waals surface area (Å²) < 4.78 is 0. The van der Waals surface area contributed by atoms with E-state index in [2.05, 4.69) is 47.8 Å². The van der Waals surface area contributed by atoms with Gasteiger partial charge in [0.05, 0.1) is 0 Å². The van der Waals surface area contributed by atoms with Crippen LogP contribution >= 0.6 is 0 Å². The van der Waals surface area contributed by atoms with Crippen molar-refractivity contribution in [3.05, 3.63) is 60.2 Å². The molecule has 1 aliphatic rings. The topological polar surface area (TPSA) is 12.0 Å². The second-order valence-electron chi connectivity index (χ2n) is 4.64. The molecule has 1 nitrogen and oxygen atoms in total. The van der Waals surface area contributed by atoms with E-state index >= 15 is 0 Å². The highest BCUT2D eigenvalue weighted by atomic mass is 14.9. The van der Waals surface area contributed by atoms with Gasteiger partial charge in [0, 0.05) is 12.6 Å². The largest absolute Gasteiger partial charge is 0.310 e. The lowest BCUT2D eigenvalue weighted by Crippen LogP contribution is -2.15. The first kappa shape index (κ1) is 10.5. The van der Waals surface area contributed by atoms with Crippen molar-refractivity contribution >= 4 is 0 Å². The molecule has 0 atom stereocenters. The van der Waals surface area contributed by atoms with Crippen LogP contribution in [0, 0.1) is 6.07 Å². The molecule has 0 spiro atoms. The molecule has 0 amide bonds. The summed E-state index contributed by atoms with van der Waals surface area (Å²) in [6.45, 7) is 0.984. The fourth-order valence-electron chi connectivity index (χ4n) is 1.99. The van der Waals surface area contributed by atoms with E-state index in [-0.39, 0.29) is 0 Å². The summed E-state index contributed by atoms with van der Waals surface area (Å²) in [5.41, 5.74) is 3.91. The molecule has 85 valence electrons. The zero-order valence-corrected chi connectivity index (χ0v) is 9.82. The number of nitrogens with one attached hydrogen (secondary N) is 1. The number of hydrogen-bond acceptors (Lipinski definition) is 1. The third-order valence-electron chi connectivity index (χ3n) is 3.15. The molecular weight excluding hydrogens is 206 g/mol. The average Bonchev–Trinajstić information content (AvgIpc) is 3.22. The second-order valence-corrected chi connectivity index (χ2v) is 4.64. The van der Waals surface area contributed by atoms with Gasteiger partial charge in [-0.25, -0.2) is 0 Å². The summed E-state index contributed by atoms with van der Waals surface area (Å²) >= 11 is 0. The Morgan fingerprint density at radius 3 is 2.65 bits per heavy atom. The molecule has 0 unspecified atom stereocenters. The minimum atomic E-state index is 0.769. The molecule has 2 aromatic carbocycles. The summed E-state index contributed by atoms with van der Waals surface area (Å²) in [6.07, 6.45) is 2.68. The molecule has 0 aliphatic heterocycles. The van der Waals surface area contributed by atoms with Crippen molar-refractivity contribution in [2.45, 2.75) is 25.4 Å². The number of hydrogen-bond donors (Lipinski definition) is 1. The van der Waals surface area contributed by atoms with E-state index in [9.17, 15) is 0 Å². The van der Waals surface area contributed by atoms with Crippen LogP contribution in [0.4, 0.5) is 0 Å². The lowest BCUT2D eigenvalue weighted by molar-refractivity contribution is 0.688. The van der Waals surface area contributed by atoms with Crippen molar-refractivity contribution in [1.82, 2.24) is 5.32 Å². The zero-order valence-electron chi connectivity index (χ0n) is 9.82. The molecule has 1 aliphatic carbocycles. The van der Waals surface area contributed by atoms with Gasteiger partial charge < -0.3 is 5.32 Å². The lowest BCUT2D eigenvalue weighted by Gasteiger charge is -2.06. The summed E-state index contributed by atoms with van der Waals surface area (Å²) in [5.74, 6) is 0. The molecule has 17 heavy (non-hydrogen) atoms. The Bertz CT molecular complexity index is 486. The maximum absolute atomic E-state index is 3.55. The molecule has 2 aromatic rings. The maximum atomic E-state index is 3.55. The van der Waals surface area contributed by atoms with Gasteiger partial charge in [-0.3, -0.25) is 0 Å². The molecule has 1 heteroatoms. The van der Waals surface area contributed by atoms with Gasteiger partial charge in [0.25, 0.3) is 0 Å². The van der Waals surface area contributed by atoms with E-state index in [0.29, 0.717) is 0 Å². The van der Waals surface area contributed by atoms with Crippen molar-refractivity contribution in [1.29, 1.82) is 0 Å². The SMILES string of the molecule is [c]1ccc(-c2cccc(CNC3CC3)c2)cc1. The van der Waals surface area contributed by atoms with Crippen molar-refractivity contribution in [3.8, 4) is 11.1 Å². The molecule has 0 heterocycles. The maximum Gasteiger partial charge on any atom is 0.0208 e. The highest BCUT2D eigenvalue weighted by Gasteiger charge is 2.19. The van der Waals surface area contributed by atoms with Gasteiger partial charge >= 0.3 is 0 Å². The first-order valence-corrected chi connectivity index (χ1v) is 6.21. The van der Waals surface area contributed by atoms with Crippen LogP contribution in [0.15, 0.2) is 48.5 Å². The fourth-order valence-corrected chi connectivity index (χ4v) is 1.99. The molecule has 0 saturated heterocycles. The van der Waals surface area contributed by atoms with Crippen LogP contribution in [0.25, 0.3) is 11.1 Å². The lowest BCUT2D eigenvalue weighted by atomic mass is 10.0. The van der Waals surface area contributed by atoms with Crippen LogP contribution in [0.1, 0.15) is 18.4 Å². The second kappa shape index (κ2) is 4.72. The highest BCUT2D eigenvalue weighted by molar-refractivity contribution is 5.63. The summed E-state index contributed by atoms with van der Waals surface area (Å²) in [4.78, 5) is 0. The van der Waals surface area contributed by atoms with Crippen LogP contribution in [0.5, 0.6) is 0 Å². The highest BCUT2D eigenvalue weighted by Crippen LogP contribution is 2.22.